The van der Waals surface area contributed by atoms with Gasteiger partial charge in [0.05, 0.1) is 21.0 Å². The Labute approximate surface area is 255 Å². The van der Waals surface area contributed by atoms with Gasteiger partial charge in [0.2, 0.25) is 0 Å². The summed E-state index contributed by atoms with van der Waals surface area (Å²) >= 11 is 0. The van der Waals surface area contributed by atoms with E-state index in [0.29, 0.717) is 27.4 Å². The lowest BCUT2D eigenvalue weighted by Crippen LogP contribution is -2.36. The fourth-order valence-electron chi connectivity index (χ4n) is 4.10. The fraction of sp³-hybridized carbons (Fsp3) is 0.188. The lowest BCUT2D eigenvalue weighted by atomic mass is 10.1. The second-order valence-electron chi connectivity index (χ2n) is 9.86. The number of aromatic nitrogens is 3. The van der Waals surface area contributed by atoms with Crippen molar-refractivity contribution in [3.63, 3.8) is 0 Å². The van der Waals surface area contributed by atoms with Crippen LogP contribution in [0, 0.1) is 18.8 Å². The number of aryl methyl sites for hydroxylation is 2. The normalized spacial score (nSPS) is 12.6. The Morgan fingerprint density at radius 3 is 2.45 bits per heavy atom. The van der Waals surface area contributed by atoms with Gasteiger partial charge in [-0.25, -0.2) is 4.21 Å². The molecule has 4 rings (SSSR count). The smallest absolute Gasteiger partial charge is 0.320 e. The number of hydrogen-bond acceptors (Lipinski definition) is 7. The van der Waals surface area contributed by atoms with Gasteiger partial charge in [-0.1, -0.05) is 36.1 Å². The van der Waals surface area contributed by atoms with Crippen LogP contribution in [-0.4, -0.2) is 59.8 Å². The average Bonchev–Trinajstić information content (AvgIpc) is 3.36. The third-order valence-electron chi connectivity index (χ3n) is 6.36. The Balaban J connectivity index is 1.49. The molecule has 226 valence electrons. The molecule has 0 spiro atoms. The third-order valence-corrected chi connectivity index (χ3v) is 8.53. The lowest BCUT2D eigenvalue weighted by molar-refractivity contribution is -0.138. The summed E-state index contributed by atoms with van der Waals surface area (Å²) in [6.07, 6.45) is 3.12. The number of carbonyl (C=O) groups excluding carboxylic acids is 2. The molecular formula is C32H32N6O5S. The van der Waals surface area contributed by atoms with E-state index < -0.39 is 27.6 Å². The van der Waals surface area contributed by atoms with Crippen molar-refractivity contribution in [3.8, 4) is 11.8 Å². The highest BCUT2D eigenvalue weighted by Crippen LogP contribution is 2.14. The summed E-state index contributed by atoms with van der Waals surface area (Å²) in [6.45, 7) is 3.58. The van der Waals surface area contributed by atoms with Crippen molar-refractivity contribution < 1.29 is 23.7 Å². The van der Waals surface area contributed by atoms with E-state index in [-0.39, 0.29) is 24.4 Å². The molecule has 44 heavy (non-hydrogen) atoms. The number of hydrogen-bond donors (Lipinski definition) is 4. The van der Waals surface area contributed by atoms with Crippen molar-refractivity contribution in [1.29, 1.82) is 0 Å². The molecule has 2 aromatic heterocycles. The maximum atomic E-state index is 13.9. The zero-order chi connectivity index (χ0) is 31.7. The molecule has 0 radical (unpaired) electrons. The molecule has 2 unspecified atom stereocenters. The zero-order valence-corrected chi connectivity index (χ0v) is 25.2. The topological polar surface area (TPSA) is 155 Å². The van der Waals surface area contributed by atoms with E-state index in [1.165, 1.54) is 29.4 Å². The molecule has 2 heterocycles. The minimum atomic E-state index is -3.15. The first-order valence-corrected chi connectivity index (χ1v) is 15.3. The van der Waals surface area contributed by atoms with E-state index in [1.807, 2.05) is 6.92 Å². The number of nitrogens with zero attached hydrogens (tertiary/aromatic N) is 3. The number of benzene rings is 2. The Bertz CT molecular complexity index is 1870. The Hall–Kier alpha value is -5.25. The number of carbonyl (C=O) groups is 3. The van der Waals surface area contributed by atoms with Gasteiger partial charge in [0.25, 0.3) is 11.8 Å². The average molecular weight is 613 g/mol. The van der Waals surface area contributed by atoms with E-state index in [4.69, 9.17) is 5.11 Å². The highest BCUT2D eigenvalue weighted by molar-refractivity contribution is 8.00. The van der Waals surface area contributed by atoms with Crippen molar-refractivity contribution >= 4 is 38.5 Å². The molecule has 0 saturated carbocycles. The van der Waals surface area contributed by atoms with E-state index >= 15 is 0 Å². The van der Waals surface area contributed by atoms with E-state index in [9.17, 15) is 18.6 Å². The first-order chi connectivity index (χ1) is 21.0. The fourth-order valence-corrected chi connectivity index (χ4v) is 5.90. The van der Waals surface area contributed by atoms with Crippen LogP contribution in [0.2, 0.25) is 0 Å². The maximum Gasteiger partial charge on any atom is 0.320 e. The monoisotopic (exact) mass is 612 g/mol. The predicted molar refractivity (Wildman–Crippen MR) is 169 cm³/mol. The van der Waals surface area contributed by atoms with Gasteiger partial charge >= 0.3 is 5.97 Å². The van der Waals surface area contributed by atoms with Crippen LogP contribution in [0.1, 0.15) is 51.0 Å². The van der Waals surface area contributed by atoms with Crippen LogP contribution in [0.25, 0.3) is 0 Å². The van der Waals surface area contributed by atoms with E-state index in [0.717, 1.165) is 5.69 Å². The van der Waals surface area contributed by atoms with Crippen molar-refractivity contribution in [3.05, 3.63) is 107 Å². The summed E-state index contributed by atoms with van der Waals surface area (Å²) in [4.78, 5) is 41.5. The minimum Gasteiger partial charge on any atom is -0.480 e. The molecule has 2 amide bonds. The molecule has 2 atom stereocenters. The number of carboxylic acid groups (broad SMARTS) is 1. The van der Waals surface area contributed by atoms with Crippen LogP contribution in [0.15, 0.2) is 84.0 Å². The summed E-state index contributed by atoms with van der Waals surface area (Å²) in [5.41, 5.74) is 2.98. The number of rotatable bonds is 10. The Morgan fingerprint density at radius 2 is 1.75 bits per heavy atom. The number of nitrogens with one attached hydrogen (secondary N) is 3. The van der Waals surface area contributed by atoms with Gasteiger partial charge in [-0.2, -0.15) is 5.10 Å². The van der Waals surface area contributed by atoms with Gasteiger partial charge in [-0.3, -0.25) is 28.8 Å². The van der Waals surface area contributed by atoms with Crippen LogP contribution in [-0.2, 0) is 21.5 Å². The second-order valence-corrected chi connectivity index (χ2v) is 12.1. The number of anilines is 1. The third kappa shape index (κ3) is 8.41. The molecule has 0 aliphatic carbocycles. The largest absolute Gasteiger partial charge is 0.480 e. The van der Waals surface area contributed by atoms with Crippen LogP contribution in [0.5, 0.6) is 0 Å². The van der Waals surface area contributed by atoms with Crippen LogP contribution in [0.4, 0.5) is 5.69 Å². The van der Waals surface area contributed by atoms with Gasteiger partial charge in [0.1, 0.15) is 11.7 Å². The Kier molecular flexibility index (Phi) is 10.3. The molecule has 2 aromatic carbocycles. The quantitative estimate of drug-likeness (QED) is 0.121. The molecule has 12 heteroatoms. The SMILES string of the molecule is Cc1cc(C(=O)Nc2cccc(C#Cc3cncc(C(=O)NS(=O)(=CCCNC(C)C(=O)O)c4ccccc4)c3)c2)n(C)n1. The molecule has 0 aliphatic rings. The van der Waals surface area contributed by atoms with Crippen molar-refractivity contribution in [2.75, 3.05) is 11.9 Å². The highest BCUT2D eigenvalue weighted by atomic mass is 32.2. The highest BCUT2D eigenvalue weighted by Gasteiger charge is 2.17. The van der Waals surface area contributed by atoms with Crippen molar-refractivity contribution in [2.45, 2.75) is 31.2 Å². The first kappa shape index (κ1) is 31.7. The maximum absolute atomic E-state index is 13.9. The first-order valence-electron chi connectivity index (χ1n) is 13.6. The Morgan fingerprint density at radius 1 is 1.00 bits per heavy atom. The molecule has 0 aliphatic heterocycles. The lowest BCUT2D eigenvalue weighted by Gasteiger charge is -2.14. The second kappa shape index (κ2) is 14.3. The van der Waals surface area contributed by atoms with Crippen LogP contribution in [0.3, 0.4) is 0 Å². The molecule has 0 bridgehead atoms. The van der Waals surface area contributed by atoms with Gasteiger partial charge < -0.3 is 15.7 Å². The molecule has 0 saturated heterocycles. The predicted octanol–water partition coefficient (Wildman–Crippen LogP) is 3.02. The molecular weight excluding hydrogens is 580 g/mol. The van der Waals surface area contributed by atoms with E-state index in [2.05, 4.69) is 37.3 Å². The summed E-state index contributed by atoms with van der Waals surface area (Å²) in [7, 11) is -1.45. The van der Waals surface area contributed by atoms with Gasteiger partial charge in [-0.05, 0) is 68.1 Å². The number of aliphatic carboxylic acids is 1. The standard InChI is InChI=1S/C32H32N6O5S/c1-22-17-29(38(3)36-22)31(40)35-27-10-7-9-24(19-27)13-14-25-18-26(21-33-20-25)30(39)37-44(43,28-11-5-4-6-12-28)16-8-15-34-23(2)32(41)42/h4-7,9-12,16-21,23,34H,8,15H2,1-3H3,(H,35,40)(H,41,42)(H,37,39,43). The van der Waals surface area contributed by atoms with Crippen LogP contribution < -0.4 is 15.4 Å². The minimum absolute atomic E-state index is 0.166. The summed E-state index contributed by atoms with van der Waals surface area (Å²) < 4.78 is 18.1. The summed E-state index contributed by atoms with van der Waals surface area (Å²) in [5, 5.41) is 20.4. The molecule has 11 nitrogen and oxygen atoms in total. The van der Waals surface area contributed by atoms with Crippen molar-refractivity contribution in [1.82, 2.24) is 24.8 Å². The zero-order valence-electron chi connectivity index (χ0n) is 24.4. The van der Waals surface area contributed by atoms with Crippen LogP contribution >= 0.6 is 0 Å². The summed E-state index contributed by atoms with van der Waals surface area (Å²) in [5.74, 6) is 4.11. The number of amides is 2. The van der Waals surface area contributed by atoms with Gasteiger partial charge in [0.15, 0.2) is 0 Å². The molecule has 4 N–H and O–H groups in total. The van der Waals surface area contributed by atoms with Gasteiger partial charge in [0, 0.05) is 47.7 Å². The molecule has 4 aromatic rings. The summed E-state index contributed by atoms with van der Waals surface area (Å²) in [6, 6.07) is 18.0. The van der Waals surface area contributed by atoms with Gasteiger partial charge in [-0.15, -0.1) is 0 Å². The van der Waals surface area contributed by atoms with Crippen molar-refractivity contribution in [2.24, 2.45) is 7.05 Å². The number of pyridine rings is 1. The molecule has 0 fully saturated rings. The van der Waals surface area contributed by atoms with E-state index in [1.54, 1.807) is 73.8 Å². The number of carboxylic acids is 1.